The summed E-state index contributed by atoms with van der Waals surface area (Å²) in [4.78, 5) is 7.15. The Hall–Kier alpha value is -1.28. The highest BCUT2D eigenvalue weighted by Crippen LogP contribution is 2.19. The molecule has 2 rings (SSSR count). The number of hydrogen-bond acceptors (Lipinski definition) is 3. The van der Waals surface area contributed by atoms with Crippen LogP contribution in [0.4, 0.5) is 0 Å². The van der Waals surface area contributed by atoms with E-state index >= 15 is 0 Å². The number of rotatable bonds is 10. The van der Waals surface area contributed by atoms with Crippen molar-refractivity contribution < 1.29 is 4.42 Å². The van der Waals surface area contributed by atoms with Crippen molar-refractivity contribution in [2.24, 2.45) is 4.99 Å². The molecule has 0 radical (unpaired) electrons. The van der Waals surface area contributed by atoms with Gasteiger partial charge in [-0.3, -0.25) is 0 Å². The van der Waals surface area contributed by atoms with Gasteiger partial charge in [0.15, 0.2) is 5.96 Å². The average molecular weight is 486 g/mol. The Balaban J connectivity index is 0.00000364. The minimum Gasteiger partial charge on any atom is -0.459 e. The van der Waals surface area contributed by atoms with Gasteiger partial charge in [-0.1, -0.05) is 32.0 Å². The Morgan fingerprint density at radius 2 is 1.93 bits per heavy atom. The third-order valence-corrected chi connectivity index (χ3v) is 4.60. The first-order valence-corrected chi connectivity index (χ1v) is 9.90. The van der Waals surface area contributed by atoms with Crippen molar-refractivity contribution in [1.82, 2.24) is 15.5 Å². The second-order valence-corrected chi connectivity index (χ2v) is 6.66. The van der Waals surface area contributed by atoms with Gasteiger partial charge in [0.2, 0.25) is 0 Å². The van der Waals surface area contributed by atoms with Crippen LogP contribution in [0.5, 0.6) is 0 Å². The van der Waals surface area contributed by atoms with Crippen LogP contribution in [-0.2, 0) is 6.54 Å². The molecule has 0 saturated heterocycles. The Kier molecular flexibility index (Phi) is 11.4. The lowest BCUT2D eigenvalue weighted by atomic mass is 10.2. The molecule has 0 fully saturated rings. The fourth-order valence-electron chi connectivity index (χ4n) is 3.06. The first-order valence-electron chi connectivity index (χ1n) is 9.90. The van der Waals surface area contributed by atoms with Crippen LogP contribution in [-0.4, -0.2) is 43.1 Å². The zero-order valence-corrected chi connectivity index (χ0v) is 19.5. The predicted molar refractivity (Wildman–Crippen MR) is 126 cm³/mol. The van der Waals surface area contributed by atoms with E-state index in [9.17, 15) is 0 Å². The van der Waals surface area contributed by atoms with E-state index in [2.05, 4.69) is 60.4 Å². The highest BCUT2D eigenvalue weighted by molar-refractivity contribution is 14.0. The summed E-state index contributed by atoms with van der Waals surface area (Å²) in [7, 11) is 0. The van der Waals surface area contributed by atoms with Crippen LogP contribution in [0.1, 0.15) is 46.3 Å². The Bertz CT molecular complexity index is 649. The van der Waals surface area contributed by atoms with Gasteiger partial charge in [0.1, 0.15) is 17.9 Å². The maximum atomic E-state index is 5.85. The van der Waals surface area contributed by atoms with Crippen molar-refractivity contribution in [3.05, 3.63) is 36.1 Å². The lowest BCUT2D eigenvalue weighted by Crippen LogP contribution is -2.42. The number of furan rings is 1. The minimum atomic E-state index is 0. The number of para-hydroxylation sites is 1. The van der Waals surface area contributed by atoms with Crippen LogP contribution in [0.3, 0.4) is 0 Å². The number of hydrogen-bond donors (Lipinski definition) is 2. The molecule has 0 bridgehead atoms. The fourth-order valence-corrected chi connectivity index (χ4v) is 3.06. The van der Waals surface area contributed by atoms with Gasteiger partial charge in [-0.05, 0) is 58.5 Å². The molecule has 1 aromatic carbocycles. The number of nitrogens with one attached hydrogen (secondary N) is 2. The Morgan fingerprint density at radius 3 is 2.59 bits per heavy atom. The topological polar surface area (TPSA) is 52.8 Å². The standard InChI is InChI=1S/C21H34N4O.HI/c1-5-22-21(24-17(4)11-10-14-25(6-2)7-3)23-16-19-15-18-12-8-9-13-20(18)26-19;/h8-9,12-13,15,17H,5-7,10-11,14,16H2,1-4H3,(H2,22,23,24);1H. The summed E-state index contributed by atoms with van der Waals surface area (Å²) in [6.07, 6.45) is 2.32. The molecule has 1 atom stereocenters. The van der Waals surface area contributed by atoms with Crippen LogP contribution in [0.2, 0.25) is 0 Å². The van der Waals surface area contributed by atoms with Crippen LogP contribution in [0.15, 0.2) is 39.7 Å². The molecule has 2 aromatic rings. The van der Waals surface area contributed by atoms with Crippen LogP contribution in [0, 0.1) is 0 Å². The van der Waals surface area contributed by atoms with Gasteiger partial charge < -0.3 is 20.0 Å². The molecule has 0 aliphatic carbocycles. The van der Waals surface area contributed by atoms with E-state index in [0.29, 0.717) is 12.6 Å². The molecule has 2 N–H and O–H groups in total. The maximum Gasteiger partial charge on any atom is 0.191 e. The minimum absolute atomic E-state index is 0. The van der Waals surface area contributed by atoms with Crippen molar-refractivity contribution in [2.75, 3.05) is 26.2 Å². The van der Waals surface area contributed by atoms with Gasteiger partial charge >= 0.3 is 0 Å². The first-order chi connectivity index (χ1) is 12.7. The fraction of sp³-hybridized carbons (Fsp3) is 0.571. The molecule has 1 unspecified atom stereocenters. The third-order valence-electron chi connectivity index (χ3n) is 4.60. The monoisotopic (exact) mass is 486 g/mol. The van der Waals surface area contributed by atoms with Crippen molar-refractivity contribution in [1.29, 1.82) is 0 Å². The van der Waals surface area contributed by atoms with E-state index in [0.717, 1.165) is 55.3 Å². The van der Waals surface area contributed by atoms with E-state index in [-0.39, 0.29) is 24.0 Å². The summed E-state index contributed by atoms with van der Waals surface area (Å²) in [6, 6.07) is 10.5. The van der Waals surface area contributed by atoms with Crippen LogP contribution < -0.4 is 10.6 Å². The highest BCUT2D eigenvalue weighted by atomic mass is 127. The van der Waals surface area contributed by atoms with E-state index in [4.69, 9.17) is 4.42 Å². The zero-order chi connectivity index (χ0) is 18.8. The molecule has 1 aromatic heterocycles. The van der Waals surface area contributed by atoms with Gasteiger partial charge in [0.25, 0.3) is 0 Å². The first kappa shape index (κ1) is 23.8. The molecular weight excluding hydrogens is 451 g/mol. The Morgan fingerprint density at radius 1 is 1.19 bits per heavy atom. The summed E-state index contributed by atoms with van der Waals surface area (Å²) in [6.45, 7) is 13.5. The second kappa shape index (κ2) is 13.0. The number of aliphatic imine (C=N–C) groups is 1. The number of fused-ring (bicyclic) bond motifs is 1. The van der Waals surface area contributed by atoms with E-state index in [1.165, 1.54) is 6.42 Å². The zero-order valence-electron chi connectivity index (χ0n) is 17.1. The van der Waals surface area contributed by atoms with Gasteiger partial charge in [-0.2, -0.15) is 0 Å². The van der Waals surface area contributed by atoms with Crippen molar-refractivity contribution in [3.8, 4) is 0 Å². The van der Waals surface area contributed by atoms with Gasteiger partial charge in [-0.15, -0.1) is 24.0 Å². The van der Waals surface area contributed by atoms with Crippen molar-refractivity contribution in [3.63, 3.8) is 0 Å². The molecule has 0 aliphatic rings. The van der Waals surface area contributed by atoms with Crippen molar-refractivity contribution >= 4 is 40.9 Å². The normalized spacial score (nSPS) is 12.9. The quantitative estimate of drug-likeness (QED) is 0.293. The van der Waals surface area contributed by atoms with E-state index in [1.54, 1.807) is 0 Å². The number of benzene rings is 1. The largest absolute Gasteiger partial charge is 0.459 e. The number of nitrogens with zero attached hydrogens (tertiary/aromatic N) is 2. The number of halogens is 1. The summed E-state index contributed by atoms with van der Waals surface area (Å²) in [5.41, 5.74) is 0.917. The second-order valence-electron chi connectivity index (χ2n) is 6.66. The molecule has 5 nitrogen and oxygen atoms in total. The van der Waals surface area contributed by atoms with E-state index in [1.807, 2.05) is 18.2 Å². The SMILES string of the molecule is CCNC(=NCc1cc2ccccc2o1)NC(C)CCCN(CC)CC.I. The van der Waals surface area contributed by atoms with Crippen LogP contribution >= 0.6 is 24.0 Å². The summed E-state index contributed by atoms with van der Waals surface area (Å²) in [5, 5.41) is 7.96. The molecular formula is C21H35IN4O. The molecule has 0 spiro atoms. The highest BCUT2D eigenvalue weighted by Gasteiger charge is 2.08. The average Bonchev–Trinajstić information content (AvgIpc) is 3.06. The summed E-state index contributed by atoms with van der Waals surface area (Å²) < 4.78 is 5.85. The Labute approximate surface area is 181 Å². The molecule has 27 heavy (non-hydrogen) atoms. The smallest absolute Gasteiger partial charge is 0.191 e. The molecule has 0 saturated carbocycles. The molecule has 152 valence electrons. The van der Waals surface area contributed by atoms with Crippen molar-refractivity contribution in [2.45, 2.75) is 53.1 Å². The molecule has 0 amide bonds. The lowest BCUT2D eigenvalue weighted by molar-refractivity contribution is 0.292. The predicted octanol–water partition coefficient (Wildman–Crippen LogP) is 4.62. The summed E-state index contributed by atoms with van der Waals surface area (Å²) in [5.74, 6) is 1.74. The van der Waals surface area contributed by atoms with Gasteiger partial charge in [-0.25, -0.2) is 4.99 Å². The van der Waals surface area contributed by atoms with E-state index < -0.39 is 0 Å². The molecule has 0 aliphatic heterocycles. The molecule has 6 heteroatoms. The summed E-state index contributed by atoms with van der Waals surface area (Å²) >= 11 is 0. The molecule has 1 heterocycles. The van der Waals surface area contributed by atoms with Gasteiger partial charge in [0, 0.05) is 18.0 Å². The lowest BCUT2D eigenvalue weighted by Gasteiger charge is -2.21. The van der Waals surface area contributed by atoms with Crippen LogP contribution in [0.25, 0.3) is 11.0 Å². The maximum absolute atomic E-state index is 5.85. The number of guanidine groups is 1. The third kappa shape index (κ3) is 8.09. The van der Waals surface area contributed by atoms with Gasteiger partial charge in [0.05, 0.1) is 0 Å².